The van der Waals surface area contributed by atoms with E-state index in [1.807, 2.05) is 0 Å². The van der Waals surface area contributed by atoms with E-state index < -0.39 is 0 Å². The Morgan fingerprint density at radius 1 is 1.07 bits per heavy atom. The average Bonchev–Trinajstić information content (AvgIpc) is 2.99. The molecular formula is C22H35N5O2S. The monoisotopic (exact) mass is 433 g/mol. The summed E-state index contributed by atoms with van der Waals surface area (Å²) >= 11 is 1.79. The summed E-state index contributed by atoms with van der Waals surface area (Å²) < 4.78 is 11.4. The largest absolute Gasteiger partial charge is 0.379 e. The lowest BCUT2D eigenvalue weighted by Gasteiger charge is -2.36. The number of fused-ring (bicyclic) bond motifs is 1. The van der Waals surface area contributed by atoms with Crippen LogP contribution in [0.3, 0.4) is 0 Å². The van der Waals surface area contributed by atoms with Crippen molar-refractivity contribution in [1.29, 1.82) is 0 Å². The number of hydrogen-bond acceptors (Lipinski definition) is 8. The zero-order chi connectivity index (χ0) is 21.3. The Kier molecular flexibility index (Phi) is 6.89. The third kappa shape index (κ3) is 4.94. The average molecular weight is 434 g/mol. The van der Waals surface area contributed by atoms with Crippen LogP contribution in [0.5, 0.6) is 0 Å². The molecule has 2 aromatic rings. The summed E-state index contributed by atoms with van der Waals surface area (Å²) in [4.78, 5) is 19.6. The van der Waals surface area contributed by atoms with Crippen LogP contribution in [0.25, 0.3) is 10.2 Å². The Labute approximate surface area is 184 Å². The molecule has 4 heterocycles. The second kappa shape index (κ2) is 9.44. The molecule has 4 rings (SSSR count). The number of aromatic nitrogens is 2. The number of rotatable bonds is 6. The van der Waals surface area contributed by atoms with E-state index in [2.05, 4.69) is 49.4 Å². The molecular weight excluding hydrogens is 398 g/mol. The Morgan fingerprint density at radius 2 is 1.77 bits per heavy atom. The van der Waals surface area contributed by atoms with Crippen LogP contribution in [-0.4, -0.2) is 91.5 Å². The normalized spacial score (nSPS) is 23.9. The number of hydrogen-bond donors (Lipinski definition) is 0. The zero-order valence-electron chi connectivity index (χ0n) is 19.0. The molecule has 2 fully saturated rings. The van der Waals surface area contributed by atoms with Gasteiger partial charge in [-0.05, 0) is 33.3 Å². The van der Waals surface area contributed by atoms with Crippen molar-refractivity contribution in [2.24, 2.45) is 0 Å². The van der Waals surface area contributed by atoms with E-state index in [9.17, 15) is 0 Å². The Balaban J connectivity index is 1.54. The fourth-order valence-electron chi connectivity index (χ4n) is 4.44. The molecule has 0 aromatic carbocycles. The maximum atomic E-state index is 5.88. The highest BCUT2D eigenvalue weighted by Crippen LogP contribution is 2.34. The predicted molar refractivity (Wildman–Crippen MR) is 123 cm³/mol. The van der Waals surface area contributed by atoms with Gasteiger partial charge in [-0.2, -0.15) is 0 Å². The fourth-order valence-corrected chi connectivity index (χ4v) is 5.48. The fraction of sp³-hybridized carbons (Fsp3) is 0.727. The molecule has 0 N–H and O–H groups in total. The molecule has 30 heavy (non-hydrogen) atoms. The molecule has 2 aliphatic heterocycles. The van der Waals surface area contributed by atoms with Gasteiger partial charge in [-0.15, -0.1) is 11.3 Å². The number of likely N-dealkylation sites (N-methyl/N-ethyl adjacent to an activating group) is 1. The van der Waals surface area contributed by atoms with Crippen LogP contribution >= 0.6 is 11.3 Å². The van der Waals surface area contributed by atoms with Gasteiger partial charge in [0, 0.05) is 51.2 Å². The standard InChI is InChI=1S/C22H35N5O2S/c1-15-12-27(13-16(2)29-15)7-6-25(5)21-20-17(3)18(4)30-22(20)24-19(23-21)14-26-8-10-28-11-9-26/h15-16H,6-14H2,1-5H3/t15-,16+. The minimum Gasteiger partial charge on any atom is -0.379 e. The van der Waals surface area contributed by atoms with Gasteiger partial charge in [0.2, 0.25) is 0 Å². The second-order valence-corrected chi connectivity index (χ2v) is 9.96. The molecule has 8 heteroatoms. The van der Waals surface area contributed by atoms with Crippen LogP contribution in [0.2, 0.25) is 0 Å². The summed E-state index contributed by atoms with van der Waals surface area (Å²) in [6.07, 6.45) is 0.596. The van der Waals surface area contributed by atoms with Gasteiger partial charge in [-0.3, -0.25) is 9.80 Å². The third-order valence-corrected chi connectivity index (χ3v) is 7.23. The first kappa shape index (κ1) is 21.9. The quantitative estimate of drug-likeness (QED) is 0.694. The molecule has 166 valence electrons. The molecule has 0 unspecified atom stereocenters. The molecule has 0 spiro atoms. The molecule has 0 saturated carbocycles. The lowest BCUT2D eigenvalue weighted by molar-refractivity contribution is -0.0670. The first-order chi connectivity index (χ1) is 14.4. The Hall–Kier alpha value is -1.32. The first-order valence-corrected chi connectivity index (χ1v) is 11.9. The summed E-state index contributed by atoms with van der Waals surface area (Å²) in [5, 5.41) is 1.22. The van der Waals surface area contributed by atoms with Gasteiger partial charge in [0.05, 0.1) is 37.4 Å². The van der Waals surface area contributed by atoms with Crippen LogP contribution < -0.4 is 4.90 Å². The van der Waals surface area contributed by atoms with E-state index in [-0.39, 0.29) is 0 Å². The lowest BCUT2D eigenvalue weighted by Crippen LogP contribution is -2.47. The van der Waals surface area contributed by atoms with E-state index in [1.54, 1.807) is 11.3 Å². The van der Waals surface area contributed by atoms with Crippen LogP contribution in [0, 0.1) is 13.8 Å². The molecule has 2 atom stereocenters. The second-order valence-electron chi connectivity index (χ2n) is 8.75. The first-order valence-electron chi connectivity index (χ1n) is 11.1. The lowest BCUT2D eigenvalue weighted by atomic mass is 10.2. The minimum absolute atomic E-state index is 0.298. The number of morpholine rings is 2. The maximum absolute atomic E-state index is 5.88. The predicted octanol–water partition coefficient (Wildman–Crippen LogP) is 2.69. The van der Waals surface area contributed by atoms with Gasteiger partial charge in [0.15, 0.2) is 0 Å². The van der Waals surface area contributed by atoms with Crippen molar-refractivity contribution in [2.75, 3.05) is 64.4 Å². The molecule has 0 amide bonds. The van der Waals surface area contributed by atoms with E-state index >= 15 is 0 Å². The van der Waals surface area contributed by atoms with E-state index in [4.69, 9.17) is 19.4 Å². The van der Waals surface area contributed by atoms with E-state index in [0.29, 0.717) is 12.2 Å². The van der Waals surface area contributed by atoms with Gasteiger partial charge in [0.25, 0.3) is 0 Å². The summed E-state index contributed by atoms with van der Waals surface area (Å²) in [6.45, 7) is 16.9. The highest BCUT2D eigenvalue weighted by Gasteiger charge is 2.23. The summed E-state index contributed by atoms with van der Waals surface area (Å²) in [5.74, 6) is 1.99. The molecule has 2 saturated heterocycles. The molecule has 0 bridgehead atoms. The van der Waals surface area contributed by atoms with Gasteiger partial charge < -0.3 is 14.4 Å². The Morgan fingerprint density at radius 3 is 2.47 bits per heavy atom. The molecule has 2 aromatic heterocycles. The van der Waals surface area contributed by atoms with Crippen molar-refractivity contribution in [2.45, 2.75) is 46.4 Å². The smallest absolute Gasteiger partial charge is 0.146 e. The minimum atomic E-state index is 0.298. The number of thiophene rings is 1. The summed E-state index contributed by atoms with van der Waals surface area (Å²) in [7, 11) is 2.17. The molecule has 7 nitrogen and oxygen atoms in total. The van der Waals surface area contributed by atoms with Crippen molar-refractivity contribution in [1.82, 2.24) is 19.8 Å². The van der Waals surface area contributed by atoms with Crippen molar-refractivity contribution < 1.29 is 9.47 Å². The SMILES string of the molecule is Cc1sc2nc(CN3CCOCC3)nc(N(C)CCN3C[C@@H](C)O[C@@H](C)C3)c2c1C. The number of nitrogens with zero attached hydrogens (tertiary/aromatic N) is 5. The van der Waals surface area contributed by atoms with Crippen LogP contribution in [0.15, 0.2) is 0 Å². The maximum Gasteiger partial charge on any atom is 0.146 e. The van der Waals surface area contributed by atoms with Crippen molar-refractivity contribution in [3.8, 4) is 0 Å². The molecule has 0 radical (unpaired) electrons. The van der Waals surface area contributed by atoms with Crippen LogP contribution in [-0.2, 0) is 16.0 Å². The number of anilines is 1. The topological polar surface area (TPSA) is 54.0 Å². The highest BCUT2D eigenvalue weighted by atomic mass is 32.1. The Bertz CT molecular complexity index is 857. The number of aryl methyl sites for hydroxylation is 2. The van der Waals surface area contributed by atoms with E-state index in [0.717, 1.165) is 75.5 Å². The van der Waals surface area contributed by atoms with Gasteiger partial charge >= 0.3 is 0 Å². The number of ether oxygens (including phenoxy) is 2. The highest BCUT2D eigenvalue weighted by molar-refractivity contribution is 7.18. The van der Waals surface area contributed by atoms with Gasteiger partial charge in [0.1, 0.15) is 16.5 Å². The van der Waals surface area contributed by atoms with Crippen LogP contribution in [0.1, 0.15) is 30.1 Å². The summed E-state index contributed by atoms with van der Waals surface area (Å²) in [6, 6.07) is 0. The zero-order valence-corrected chi connectivity index (χ0v) is 19.8. The van der Waals surface area contributed by atoms with Gasteiger partial charge in [-0.25, -0.2) is 9.97 Å². The van der Waals surface area contributed by atoms with Crippen molar-refractivity contribution in [3.05, 3.63) is 16.3 Å². The van der Waals surface area contributed by atoms with Crippen molar-refractivity contribution in [3.63, 3.8) is 0 Å². The van der Waals surface area contributed by atoms with Crippen LogP contribution in [0.4, 0.5) is 5.82 Å². The van der Waals surface area contributed by atoms with Gasteiger partial charge in [-0.1, -0.05) is 0 Å². The molecule has 2 aliphatic rings. The molecule has 0 aliphatic carbocycles. The third-order valence-electron chi connectivity index (χ3n) is 6.13. The van der Waals surface area contributed by atoms with Crippen molar-refractivity contribution >= 4 is 27.4 Å². The summed E-state index contributed by atoms with van der Waals surface area (Å²) in [5.41, 5.74) is 1.31. The van der Waals surface area contributed by atoms with E-state index in [1.165, 1.54) is 15.8 Å².